The fraction of sp³-hybridized carbons (Fsp3) is 0.346. The van der Waals surface area contributed by atoms with E-state index in [1.54, 1.807) is 4.90 Å². The Hall–Kier alpha value is -3.49. The van der Waals surface area contributed by atoms with E-state index in [1.165, 1.54) is 13.3 Å². The number of ether oxygens (including phenoxy) is 2. The number of benzene rings is 2. The van der Waals surface area contributed by atoms with Crippen LogP contribution in [0.5, 0.6) is 6.01 Å². The number of fused-ring (bicyclic) bond motifs is 1. The van der Waals surface area contributed by atoms with Crippen LogP contribution in [0.15, 0.2) is 60.8 Å². The molecule has 0 saturated heterocycles. The number of nitrogens with one attached hydrogen (secondary N) is 1. The minimum absolute atomic E-state index is 0.00946. The molecule has 0 saturated carbocycles. The number of carbonyl (C=O) groups excluding carboxylic acids is 1. The number of methoxy groups -OCH3 is 1. The lowest BCUT2D eigenvalue weighted by Crippen LogP contribution is -2.33. The first-order valence-electron chi connectivity index (χ1n) is 11.4. The fourth-order valence-electron chi connectivity index (χ4n) is 4.05. The van der Waals surface area contributed by atoms with Crippen LogP contribution in [0.3, 0.4) is 0 Å². The van der Waals surface area contributed by atoms with Crippen molar-refractivity contribution >= 4 is 17.4 Å². The van der Waals surface area contributed by atoms with Gasteiger partial charge in [0.15, 0.2) is 0 Å². The number of likely N-dealkylation sites (N-methyl/N-ethyl adjacent to an activating group) is 1. The summed E-state index contributed by atoms with van der Waals surface area (Å²) in [6.07, 6.45) is 2.40. The first-order chi connectivity index (χ1) is 16.6. The normalized spacial score (nSPS) is 14.5. The van der Waals surface area contributed by atoms with E-state index in [0.29, 0.717) is 31.1 Å². The van der Waals surface area contributed by atoms with Gasteiger partial charge in [0.25, 0.3) is 5.91 Å². The summed E-state index contributed by atoms with van der Waals surface area (Å²) >= 11 is 0. The van der Waals surface area contributed by atoms with Gasteiger partial charge in [-0.25, -0.2) is 4.98 Å². The second-order valence-corrected chi connectivity index (χ2v) is 8.24. The van der Waals surface area contributed by atoms with E-state index in [9.17, 15) is 4.79 Å². The highest BCUT2D eigenvalue weighted by atomic mass is 16.5. The number of hydrogen-bond donors (Lipinski definition) is 1. The molecule has 2 aromatic carbocycles. The van der Waals surface area contributed by atoms with Gasteiger partial charge in [-0.3, -0.25) is 4.79 Å². The van der Waals surface area contributed by atoms with Crippen molar-refractivity contribution in [2.45, 2.75) is 19.1 Å². The molecule has 0 radical (unpaired) electrons. The lowest BCUT2D eigenvalue weighted by atomic mass is 10.1. The summed E-state index contributed by atoms with van der Waals surface area (Å²) in [7, 11) is 5.38. The highest BCUT2D eigenvalue weighted by Gasteiger charge is 2.28. The molecule has 1 aromatic heterocycles. The molecule has 0 aliphatic carbocycles. The zero-order chi connectivity index (χ0) is 23.9. The molecule has 0 fully saturated rings. The maximum Gasteiger partial charge on any atom is 0.318 e. The van der Waals surface area contributed by atoms with E-state index in [-0.39, 0.29) is 18.0 Å². The van der Waals surface area contributed by atoms with Crippen LogP contribution in [-0.4, -0.2) is 56.7 Å². The van der Waals surface area contributed by atoms with Crippen LogP contribution >= 0.6 is 0 Å². The SMILES string of the molecule is CNCC[C@@H](OCc1cccc(N2CCN(C)c3nc(OC)ncc3C2=O)c1)c1ccccc1. The number of nitrogens with zero attached hydrogens (tertiary/aromatic N) is 4. The molecule has 178 valence electrons. The molecule has 0 bridgehead atoms. The molecule has 0 spiro atoms. The van der Waals surface area contributed by atoms with Gasteiger partial charge >= 0.3 is 6.01 Å². The van der Waals surface area contributed by atoms with E-state index in [2.05, 4.69) is 27.4 Å². The molecule has 1 aliphatic rings. The average Bonchev–Trinajstić information content (AvgIpc) is 3.00. The summed E-state index contributed by atoms with van der Waals surface area (Å²) < 4.78 is 11.5. The Labute approximate surface area is 200 Å². The van der Waals surface area contributed by atoms with E-state index in [1.807, 2.05) is 61.5 Å². The van der Waals surface area contributed by atoms with Crippen molar-refractivity contribution in [2.75, 3.05) is 50.6 Å². The Bertz CT molecular complexity index is 1110. The second kappa shape index (κ2) is 11.1. The average molecular weight is 462 g/mol. The first kappa shape index (κ1) is 23.7. The molecule has 8 nitrogen and oxygen atoms in total. The molecule has 1 N–H and O–H groups in total. The molecule has 34 heavy (non-hydrogen) atoms. The third-order valence-corrected chi connectivity index (χ3v) is 5.93. The quantitative estimate of drug-likeness (QED) is 0.523. The van der Waals surface area contributed by atoms with Gasteiger partial charge in [0.2, 0.25) is 0 Å². The molecule has 3 aromatic rings. The molecule has 1 atom stereocenters. The van der Waals surface area contributed by atoms with Gasteiger partial charge in [0.05, 0.1) is 19.8 Å². The fourth-order valence-corrected chi connectivity index (χ4v) is 4.05. The lowest BCUT2D eigenvalue weighted by Gasteiger charge is -2.22. The van der Waals surface area contributed by atoms with Crippen LogP contribution in [-0.2, 0) is 11.3 Å². The van der Waals surface area contributed by atoms with E-state index >= 15 is 0 Å². The van der Waals surface area contributed by atoms with Crippen molar-refractivity contribution in [1.29, 1.82) is 0 Å². The minimum Gasteiger partial charge on any atom is -0.467 e. The molecule has 2 heterocycles. The Morgan fingerprint density at radius 3 is 2.71 bits per heavy atom. The maximum atomic E-state index is 13.4. The van der Waals surface area contributed by atoms with E-state index in [0.717, 1.165) is 29.8 Å². The Balaban J connectivity index is 1.53. The van der Waals surface area contributed by atoms with Crippen LogP contribution in [0, 0.1) is 0 Å². The van der Waals surface area contributed by atoms with E-state index in [4.69, 9.17) is 9.47 Å². The Morgan fingerprint density at radius 1 is 1.12 bits per heavy atom. The monoisotopic (exact) mass is 461 g/mol. The molecule has 1 aliphatic heterocycles. The van der Waals surface area contributed by atoms with Crippen LogP contribution in [0.25, 0.3) is 0 Å². The van der Waals surface area contributed by atoms with Crippen molar-refractivity contribution in [3.8, 4) is 6.01 Å². The van der Waals surface area contributed by atoms with Gasteiger partial charge in [-0.2, -0.15) is 4.98 Å². The summed E-state index contributed by atoms with van der Waals surface area (Å²) in [5.74, 6) is 0.449. The number of amides is 1. The van der Waals surface area contributed by atoms with Crippen LogP contribution in [0.2, 0.25) is 0 Å². The zero-order valence-corrected chi connectivity index (χ0v) is 19.9. The van der Waals surface area contributed by atoms with Gasteiger partial charge in [0, 0.05) is 32.0 Å². The Kier molecular flexibility index (Phi) is 7.72. The summed E-state index contributed by atoms with van der Waals surface area (Å²) in [6.45, 7) is 2.49. The topological polar surface area (TPSA) is 79.8 Å². The third-order valence-electron chi connectivity index (χ3n) is 5.93. The van der Waals surface area contributed by atoms with Crippen molar-refractivity contribution in [2.24, 2.45) is 0 Å². The van der Waals surface area contributed by atoms with Crippen molar-refractivity contribution < 1.29 is 14.3 Å². The molecular formula is C26H31N5O3. The molecule has 1 amide bonds. The number of aromatic nitrogens is 2. The lowest BCUT2D eigenvalue weighted by molar-refractivity contribution is 0.0344. The predicted molar refractivity (Wildman–Crippen MR) is 132 cm³/mol. The molecular weight excluding hydrogens is 430 g/mol. The number of rotatable bonds is 9. The largest absolute Gasteiger partial charge is 0.467 e. The third kappa shape index (κ3) is 5.35. The highest BCUT2D eigenvalue weighted by Crippen LogP contribution is 2.28. The summed E-state index contributed by atoms with van der Waals surface area (Å²) in [6, 6.07) is 18.5. The van der Waals surface area contributed by atoms with Gasteiger partial charge < -0.3 is 24.6 Å². The first-order valence-corrected chi connectivity index (χ1v) is 11.4. The number of anilines is 2. The van der Waals surface area contributed by atoms with Gasteiger partial charge in [-0.15, -0.1) is 0 Å². The molecule has 8 heteroatoms. The van der Waals surface area contributed by atoms with Crippen molar-refractivity contribution in [3.05, 3.63) is 77.5 Å². The zero-order valence-electron chi connectivity index (χ0n) is 19.9. The van der Waals surface area contributed by atoms with Gasteiger partial charge in [-0.1, -0.05) is 42.5 Å². The van der Waals surface area contributed by atoms with Crippen LogP contribution in [0.1, 0.15) is 34.0 Å². The summed E-state index contributed by atoms with van der Waals surface area (Å²) in [5, 5.41) is 3.20. The predicted octanol–water partition coefficient (Wildman–Crippen LogP) is 3.45. The maximum absolute atomic E-state index is 13.4. The second-order valence-electron chi connectivity index (χ2n) is 8.24. The van der Waals surface area contributed by atoms with E-state index < -0.39 is 0 Å². The van der Waals surface area contributed by atoms with Gasteiger partial charge in [-0.05, 0) is 43.3 Å². The molecule has 4 rings (SSSR count). The van der Waals surface area contributed by atoms with Crippen LogP contribution < -0.4 is 19.9 Å². The minimum atomic E-state index is -0.128. The number of carbonyl (C=O) groups is 1. The summed E-state index contributed by atoms with van der Waals surface area (Å²) in [5.41, 5.74) is 3.46. The highest BCUT2D eigenvalue weighted by molar-refractivity contribution is 6.09. The molecule has 0 unspecified atom stereocenters. The number of hydrogen-bond acceptors (Lipinski definition) is 7. The van der Waals surface area contributed by atoms with Gasteiger partial charge in [0.1, 0.15) is 11.4 Å². The smallest absolute Gasteiger partial charge is 0.318 e. The van der Waals surface area contributed by atoms with Crippen LogP contribution in [0.4, 0.5) is 11.5 Å². The van der Waals surface area contributed by atoms with Crippen molar-refractivity contribution in [1.82, 2.24) is 15.3 Å². The summed E-state index contributed by atoms with van der Waals surface area (Å²) in [4.78, 5) is 25.7. The van der Waals surface area contributed by atoms with Crippen molar-refractivity contribution in [3.63, 3.8) is 0 Å². The standard InChI is InChI=1S/C26H31N5O3/c1-27-13-12-23(20-9-5-4-6-10-20)34-18-19-8-7-11-21(16-19)31-15-14-30(2)24-22(25(31)32)17-28-26(29-24)33-3/h4-11,16-17,23,27H,12-15,18H2,1-3H3/t23-/m1/s1. The Morgan fingerprint density at radius 2 is 1.94 bits per heavy atom.